The molecule has 14 atom stereocenters. The van der Waals surface area contributed by atoms with Gasteiger partial charge >= 0.3 is 5.97 Å². The molecule has 7 aliphatic rings. The van der Waals surface area contributed by atoms with Gasteiger partial charge in [-0.1, -0.05) is 26.0 Å². The Balaban J connectivity index is 1.23. The number of rotatable bonds is 9. The number of nitrogens with zero attached hydrogens (tertiary/aromatic N) is 2. The molecule has 0 unspecified atom stereocenters. The molecule has 268 valence electrons. The zero-order chi connectivity index (χ0) is 34.8. The highest BCUT2D eigenvalue weighted by Gasteiger charge is 2.91. The lowest BCUT2D eigenvalue weighted by Crippen LogP contribution is -2.82. The van der Waals surface area contributed by atoms with Crippen molar-refractivity contribution in [2.45, 2.75) is 87.6 Å². The second-order valence-electron chi connectivity index (χ2n) is 16.0. The fraction of sp³-hybridized carbons (Fsp3) is 0.757. The van der Waals surface area contributed by atoms with Crippen LogP contribution in [0.5, 0.6) is 0 Å². The largest absolute Gasteiger partial charge is 0.461 e. The summed E-state index contributed by atoms with van der Waals surface area (Å²) in [5, 5.41) is 26.6. The molecule has 49 heavy (non-hydrogen) atoms. The smallest absolute Gasteiger partial charge is 0.340 e. The first-order valence-corrected chi connectivity index (χ1v) is 17.9. The normalized spacial score (nSPS) is 48.0. The molecule has 2 amide bonds. The predicted molar refractivity (Wildman–Crippen MR) is 174 cm³/mol. The average molecular weight is 683 g/mol. The number of anilines is 1. The van der Waals surface area contributed by atoms with Crippen LogP contribution in [0.3, 0.4) is 0 Å². The molecule has 5 aliphatic carbocycles. The van der Waals surface area contributed by atoms with Gasteiger partial charge in [0.1, 0.15) is 11.2 Å². The number of methoxy groups -OCH3 is 4. The number of carbonyl (C=O) groups is 3. The van der Waals surface area contributed by atoms with E-state index in [1.165, 1.54) is 0 Å². The van der Waals surface area contributed by atoms with Gasteiger partial charge in [0.25, 0.3) is 0 Å². The maximum absolute atomic E-state index is 14.1. The molecule has 2 aliphatic heterocycles. The summed E-state index contributed by atoms with van der Waals surface area (Å²) in [6, 6.07) is 6.12. The number of piperidine rings is 1. The number of likely N-dealkylation sites (N-methyl/N-ethyl adjacent to an activating group) is 1. The van der Waals surface area contributed by atoms with E-state index in [0.717, 1.165) is 11.3 Å². The molecule has 7 fully saturated rings. The van der Waals surface area contributed by atoms with Crippen molar-refractivity contribution in [2.75, 3.05) is 53.0 Å². The summed E-state index contributed by atoms with van der Waals surface area (Å²) in [6.07, 6.45) is 0.813. The Kier molecular flexibility index (Phi) is 7.75. The van der Waals surface area contributed by atoms with Crippen molar-refractivity contribution in [3.05, 3.63) is 29.8 Å². The molecule has 2 saturated heterocycles. The second-order valence-corrected chi connectivity index (χ2v) is 16.0. The van der Waals surface area contributed by atoms with E-state index in [0.29, 0.717) is 25.9 Å². The number of likely N-dealkylation sites (tertiary alicyclic amines) is 1. The van der Waals surface area contributed by atoms with E-state index < -0.39 is 46.1 Å². The highest BCUT2D eigenvalue weighted by Crippen LogP contribution is 2.80. The lowest BCUT2D eigenvalue weighted by molar-refractivity contribution is -0.320. The van der Waals surface area contributed by atoms with E-state index in [2.05, 4.69) is 11.8 Å². The summed E-state index contributed by atoms with van der Waals surface area (Å²) in [5.74, 6) is -2.47. The van der Waals surface area contributed by atoms with Crippen LogP contribution >= 0.6 is 0 Å². The number of fused-ring (bicyclic) bond motifs is 2. The predicted octanol–water partition coefficient (Wildman–Crippen LogP) is 2.04. The van der Waals surface area contributed by atoms with Crippen molar-refractivity contribution >= 4 is 23.5 Å². The monoisotopic (exact) mass is 682 g/mol. The maximum atomic E-state index is 14.1. The lowest BCUT2D eigenvalue weighted by Gasteiger charge is -2.70. The van der Waals surface area contributed by atoms with Crippen LogP contribution in [0.1, 0.15) is 56.3 Å². The summed E-state index contributed by atoms with van der Waals surface area (Å²) >= 11 is 0. The van der Waals surface area contributed by atoms with Crippen LogP contribution in [-0.4, -0.2) is 123 Å². The Hall–Kier alpha value is -2.45. The molecule has 1 aromatic carbocycles. The van der Waals surface area contributed by atoms with Crippen LogP contribution in [0, 0.1) is 40.4 Å². The molecule has 1 spiro atoms. The standard InChI is InChI=1S/C37H50N2O10/c1-7-38-17-34(18-49-32(42)20-10-8-9-11-23(20)39-26(40)14-19(2)31(39)41)13-12-25(46-4)36-22-15-21-24(45-3)16-35(43,27(22)28(21)47-5)37(44,33(36)38)30(48-6)29(34)36/h8-11,19,21-22,24-25,27-30,33,43-44H,7,12-18H2,1-6H3/t19-,21+,22+,24-,25-,27+,28-,29-,30-,33+,34-,35+,36+,37-/m0/s1. The Bertz CT molecular complexity index is 1560. The fourth-order valence-electron chi connectivity index (χ4n) is 13.2. The van der Waals surface area contributed by atoms with Gasteiger partial charge < -0.3 is 33.9 Å². The quantitative estimate of drug-likeness (QED) is 0.292. The zero-order valence-corrected chi connectivity index (χ0v) is 29.3. The number of aliphatic hydroxyl groups is 2. The Morgan fingerprint density at radius 1 is 1.04 bits per heavy atom. The molecular weight excluding hydrogens is 632 g/mol. The number of amides is 2. The van der Waals surface area contributed by atoms with Gasteiger partial charge in [-0.05, 0) is 43.9 Å². The van der Waals surface area contributed by atoms with E-state index in [9.17, 15) is 24.6 Å². The molecule has 12 heteroatoms. The molecule has 1 aromatic rings. The van der Waals surface area contributed by atoms with Gasteiger partial charge in [-0.3, -0.25) is 14.5 Å². The van der Waals surface area contributed by atoms with E-state index in [-0.39, 0.29) is 84.5 Å². The van der Waals surface area contributed by atoms with Gasteiger partial charge in [-0.2, -0.15) is 0 Å². The van der Waals surface area contributed by atoms with E-state index >= 15 is 0 Å². The van der Waals surface area contributed by atoms with Crippen LogP contribution in [0.2, 0.25) is 0 Å². The molecule has 5 saturated carbocycles. The van der Waals surface area contributed by atoms with Gasteiger partial charge in [0.2, 0.25) is 11.8 Å². The fourth-order valence-corrected chi connectivity index (χ4v) is 13.2. The molecule has 0 aromatic heterocycles. The average Bonchev–Trinajstić information content (AvgIpc) is 3.63. The van der Waals surface area contributed by atoms with Crippen molar-refractivity contribution < 1.29 is 48.3 Å². The number of imide groups is 1. The number of para-hydroxylation sites is 1. The molecule has 7 bridgehead atoms. The third kappa shape index (κ3) is 3.86. The molecule has 0 radical (unpaired) electrons. The molecular formula is C37H50N2O10. The number of ether oxygens (including phenoxy) is 5. The van der Waals surface area contributed by atoms with Gasteiger partial charge in [0, 0.05) is 82.3 Å². The zero-order valence-electron chi connectivity index (χ0n) is 29.3. The second kappa shape index (κ2) is 11.3. The van der Waals surface area contributed by atoms with Gasteiger partial charge in [0.05, 0.1) is 48.3 Å². The minimum Gasteiger partial charge on any atom is -0.461 e. The number of hydrogen-bond donors (Lipinski definition) is 2. The lowest BCUT2D eigenvalue weighted by atomic mass is 9.42. The minimum absolute atomic E-state index is 0.0358. The van der Waals surface area contributed by atoms with Crippen molar-refractivity contribution in [3.8, 4) is 0 Å². The number of carbonyl (C=O) groups excluding carboxylic acids is 3. The third-order valence-electron chi connectivity index (χ3n) is 14.5. The summed E-state index contributed by atoms with van der Waals surface area (Å²) in [4.78, 5) is 43.3. The van der Waals surface area contributed by atoms with Crippen molar-refractivity contribution in [1.29, 1.82) is 0 Å². The van der Waals surface area contributed by atoms with Gasteiger partial charge in [-0.25, -0.2) is 9.69 Å². The van der Waals surface area contributed by atoms with E-state index in [4.69, 9.17) is 23.7 Å². The molecule has 8 rings (SSSR count). The van der Waals surface area contributed by atoms with Gasteiger partial charge in [-0.15, -0.1) is 0 Å². The number of hydrogen-bond acceptors (Lipinski definition) is 11. The van der Waals surface area contributed by atoms with Crippen LogP contribution in [0.4, 0.5) is 5.69 Å². The van der Waals surface area contributed by atoms with E-state index in [1.54, 1.807) is 59.6 Å². The highest BCUT2D eigenvalue weighted by molar-refractivity contribution is 6.22. The number of benzene rings is 1. The molecule has 12 nitrogen and oxygen atoms in total. The first-order chi connectivity index (χ1) is 23.4. The Morgan fingerprint density at radius 3 is 2.43 bits per heavy atom. The van der Waals surface area contributed by atoms with Crippen LogP contribution < -0.4 is 4.90 Å². The van der Waals surface area contributed by atoms with Crippen molar-refractivity contribution in [2.24, 2.45) is 40.4 Å². The Morgan fingerprint density at radius 2 is 1.80 bits per heavy atom. The maximum Gasteiger partial charge on any atom is 0.340 e. The van der Waals surface area contributed by atoms with Crippen LogP contribution in [-0.2, 0) is 33.3 Å². The summed E-state index contributed by atoms with van der Waals surface area (Å²) in [6.45, 7) is 4.95. The molecule has 2 heterocycles. The SMILES string of the molecule is CCN1C[C@]2(COC(=O)c3ccccc3N3C(=O)C[C@H](C)C3=O)CC[C@H](OC)[C@@]34[C@@H]5C[C@H]6[C@H](OC)[C@@H]5[C@](O)(C[C@@H]6OC)[C@@](O)([C@H]13)[C@@H](OC)[C@@H]24. The third-order valence-corrected chi connectivity index (χ3v) is 14.5. The topological polar surface area (TPSA) is 144 Å². The summed E-state index contributed by atoms with van der Waals surface area (Å²) in [7, 11) is 6.70. The highest BCUT2D eigenvalue weighted by atomic mass is 16.5. The van der Waals surface area contributed by atoms with Crippen LogP contribution in [0.25, 0.3) is 0 Å². The van der Waals surface area contributed by atoms with Crippen LogP contribution in [0.15, 0.2) is 24.3 Å². The summed E-state index contributed by atoms with van der Waals surface area (Å²) in [5.41, 5.74) is -4.17. The van der Waals surface area contributed by atoms with Crippen molar-refractivity contribution in [3.63, 3.8) is 0 Å². The number of esters is 1. The van der Waals surface area contributed by atoms with Gasteiger partial charge in [0.15, 0.2) is 0 Å². The minimum atomic E-state index is -1.70. The first kappa shape index (κ1) is 33.7. The summed E-state index contributed by atoms with van der Waals surface area (Å²) < 4.78 is 31.4. The van der Waals surface area contributed by atoms with E-state index in [1.807, 2.05) is 0 Å². The first-order valence-electron chi connectivity index (χ1n) is 17.9. The van der Waals surface area contributed by atoms with Crippen molar-refractivity contribution in [1.82, 2.24) is 4.90 Å². The molecule has 2 N–H and O–H groups in total. The Labute approximate surface area is 287 Å².